The number of anilines is 1. The van der Waals surface area contributed by atoms with Crippen molar-refractivity contribution < 1.29 is 9.18 Å². The molecule has 0 aliphatic rings. The molecular formula is C17H19FN4O. The van der Waals surface area contributed by atoms with Gasteiger partial charge in [0.1, 0.15) is 11.6 Å². The van der Waals surface area contributed by atoms with Crippen LogP contribution in [0.1, 0.15) is 25.1 Å². The molecule has 0 fully saturated rings. The molecule has 120 valence electrons. The number of aryl methyl sites for hydroxylation is 2. The van der Waals surface area contributed by atoms with E-state index >= 15 is 0 Å². The molecule has 2 rings (SSSR count). The Morgan fingerprint density at radius 1 is 1.39 bits per heavy atom. The second-order valence-electron chi connectivity index (χ2n) is 5.20. The predicted octanol–water partition coefficient (Wildman–Crippen LogP) is 3.06. The monoisotopic (exact) mass is 314 g/mol. The van der Waals surface area contributed by atoms with E-state index in [4.69, 9.17) is 5.26 Å². The summed E-state index contributed by atoms with van der Waals surface area (Å²) < 4.78 is 15.0. The SMILES string of the molecule is Cc1nccn1CCCC(=O)N(CCC#N)c1ccc(F)cc1. The Labute approximate surface area is 135 Å². The summed E-state index contributed by atoms with van der Waals surface area (Å²) in [6.45, 7) is 2.94. The number of halogens is 1. The quantitative estimate of drug-likeness (QED) is 0.789. The molecule has 0 bridgehead atoms. The van der Waals surface area contributed by atoms with Gasteiger partial charge in [-0.25, -0.2) is 9.37 Å². The molecular weight excluding hydrogens is 295 g/mol. The fourth-order valence-corrected chi connectivity index (χ4v) is 2.36. The lowest BCUT2D eigenvalue weighted by Crippen LogP contribution is -2.31. The Balaban J connectivity index is 1.97. The molecule has 1 amide bonds. The number of aromatic nitrogens is 2. The molecule has 6 heteroatoms. The maximum absolute atomic E-state index is 13.0. The van der Waals surface area contributed by atoms with Gasteiger partial charge in [-0.3, -0.25) is 4.79 Å². The zero-order chi connectivity index (χ0) is 16.7. The van der Waals surface area contributed by atoms with Gasteiger partial charge in [0.15, 0.2) is 0 Å². The number of hydrogen-bond acceptors (Lipinski definition) is 3. The van der Waals surface area contributed by atoms with Crippen LogP contribution in [0.2, 0.25) is 0 Å². The Bertz CT molecular complexity index is 687. The minimum Gasteiger partial charge on any atom is -0.335 e. The average Bonchev–Trinajstić information content (AvgIpc) is 2.95. The van der Waals surface area contributed by atoms with Crippen LogP contribution in [-0.4, -0.2) is 22.0 Å². The summed E-state index contributed by atoms with van der Waals surface area (Å²) >= 11 is 0. The minimum absolute atomic E-state index is 0.0652. The molecule has 2 aromatic rings. The van der Waals surface area contributed by atoms with Crippen LogP contribution in [0.5, 0.6) is 0 Å². The lowest BCUT2D eigenvalue weighted by atomic mass is 10.2. The van der Waals surface area contributed by atoms with Crippen molar-refractivity contribution in [3.05, 3.63) is 48.3 Å². The number of nitrogens with zero attached hydrogens (tertiary/aromatic N) is 4. The number of amides is 1. The maximum Gasteiger partial charge on any atom is 0.227 e. The van der Waals surface area contributed by atoms with Crippen LogP contribution >= 0.6 is 0 Å². The summed E-state index contributed by atoms with van der Waals surface area (Å²) in [5.74, 6) is 0.499. The second-order valence-corrected chi connectivity index (χ2v) is 5.20. The minimum atomic E-state index is -0.350. The number of imidazole rings is 1. The fourth-order valence-electron chi connectivity index (χ4n) is 2.36. The third-order valence-electron chi connectivity index (χ3n) is 3.60. The van der Waals surface area contributed by atoms with E-state index in [1.165, 1.54) is 12.1 Å². The smallest absolute Gasteiger partial charge is 0.227 e. The molecule has 1 aromatic carbocycles. The summed E-state index contributed by atoms with van der Waals surface area (Å²) in [5.41, 5.74) is 0.616. The molecule has 5 nitrogen and oxygen atoms in total. The van der Waals surface area contributed by atoms with Crippen LogP contribution in [0, 0.1) is 24.1 Å². The molecule has 23 heavy (non-hydrogen) atoms. The van der Waals surface area contributed by atoms with Crippen LogP contribution in [0.25, 0.3) is 0 Å². The van der Waals surface area contributed by atoms with E-state index in [-0.39, 0.29) is 18.1 Å². The summed E-state index contributed by atoms with van der Waals surface area (Å²) in [4.78, 5) is 18.1. The van der Waals surface area contributed by atoms with Gasteiger partial charge < -0.3 is 9.47 Å². The van der Waals surface area contributed by atoms with E-state index in [2.05, 4.69) is 4.98 Å². The first-order chi connectivity index (χ1) is 11.1. The van der Waals surface area contributed by atoms with Crippen LogP contribution < -0.4 is 4.90 Å². The van der Waals surface area contributed by atoms with E-state index in [0.717, 1.165) is 5.82 Å². The van der Waals surface area contributed by atoms with Crippen molar-refractivity contribution >= 4 is 11.6 Å². The Morgan fingerprint density at radius 3 is 2.74 bits per heavy atom. The highest BCUT2D eigenvalue weighted by Gasteiger charge is 2.15. The number of carbonyl (C=O) groups excluding carboxylic acids is 1. The van der Waals surface area contributed by atoms with Crippen molar-refractivity contribution in [3.8, 4) is 6.07 Å². The number of nitriles is 1. The van der Waals surface area contributed by atoms with E-state index < -0.39 is 0 Å². The van der Waals surface area contributed by atoms with E-state index in [1.807, 2.05) is 23.8 Å². The van der Waals surface area contributed by atoms with Crippen LogP contribution in [-0.2, 0) is 11.3 Å². The number of benzene rings is 1. The first kappa shape index (κ1) is 16.7. The normalized spacial score (nSPS) is 10.3. The molecule has 0 N–H and O–H groups in total. The van der Waals surface area contributed by atoms with Gasteiger partial charge in [-0.05, 0) is 37.6 Å². The van der Waals surface area contributed by atoms with E-state index in [0.29, 0.717) is 31.6 Å². The Hall–Kier alpha value is -2.68. The highest BCUT2D eigenvalue weighted by atomic mass is 19.1. The highest BCUT2D eigenvalue weighted by molar-refractivity contribution is 5.93. The van der Waals surface area contributed by atoms with Gasteiger partial charge in [0.25, 0.3) is 0 Å². The zero-order valence-electron chi connectivity index (χ0n) is 13.1. The molecule has 0 unspecified atom stereocenters. The second kappa shape index (κ2) is 8.08. The first-order valence-electron chi connectivity index (χ1n) is 7.52. The van der Waals surface area contributed by atoms with Crippen molar-refractivity contribution in [2.75, 3.05) is 11.4 Å². The molecule has 0 spiro atoms. The molecule has 0 saturated heterocycles. The molecule has 0 radical (unpaired) electrons. The van der Waals surface area contributed by atoms with Gasteiger partial charge in [-0.2, -0.15) is 5.26 Å². The van der Waals surface area contributed by atoms with Gasteiger partial charge in [-0.15, -0.1) is 0 Å². The average molecular weight is 314 g/mol. The van der Waals surface area contributed by atoms with Crippen molar-refractivity contribution in [1.82, 2.24) is 9.55 Å². The van der Waals surface area contributed by atoms with Crippen molar-refractivity contribution in [1.29, 1.82) is 5.26 Å². The van der Waals surface area contributed by atoms with E-state index in [1.54, 1.807) is 23.2 Å². The first-order valence-corrected chi connectivity index (χ1v) is 7.52. The molecule has 1 heterocycles. The lowest BCUT2D eigenvalue weighted by Gasteiger charge is -2.22. The summed E-state index contributed by atoms with van der Waals surface area (Å²) in [7, 11) is 0. The molecule has 0 aliphatic heterocycles. The van der Waals surface area contributed by atoms with Gasteiger partial charge in [0, 0.05) is 37.6 Å². The topological polar surface area (TPSA) is 61.9 Å². The number of hydrogen-bond donors (Lipinski definition) is 0. The van der Waals surface area contributed by atoms with Crippen LogP contribution in [0.15, 0.2) is 36.7 Å². The van der Waals surface area contributed by atoms with Gasteiger partial charge >= 0.3 is 0 Å². The third kappa shape index (κ3) is 4.65. The summed E-state index contributed by atoms with van der Waals surface area (Å²) in [6.07, 6.45) is 4.90. The highest BCUT2D eigenvalue weighted by Crippen LogP contribution is 2.17. The summed E-state index contributed by atoms with van der Waals surface area (Å²) in [5, 5.41) is 8.76. The van der Waals surface area contributed by atoms with Gasteiger partial charge in [0.05, 0.1) is 12.5 Å². The third-order valence-corrected chi connectivity index (χ3v) is 3.60. The number of rotatable bonds is 7. The Morgan fingerprint density at radius 2 is 2.13 bits per heavy atom. The standard InChI is InChI=1S/C17H19FN4O/c1-14-20-10-13-21(14)11-2-4-17(23)22(12-3-9-19)16-7-5-15(18)6-8-16/h5-8,10,13H,2-4,11-12H2,1H3. The fraction of sp³-hybridized carbons (Fsp3) is 0.353. The lowest BCUT2D eigenvalue weighted by molar-refractivity contribution is -0.118. The summed E-state index contributed by atoms with van der Waals surface area (Å²) in [6, 6.07) is 7.79. The predicted molar refractivity (Wildman–Crippen MR) is 85.2 cm³/mol. The van der Waals surface area contributed by atoms with E-state index in [9.17, 15) is 9.18 Å². The molecule has 0 atom stereocenters. The van der Waals surface area contributed by atoms with Gasteiger partial charge in [0.2, 0.25) is 5.91 Å². The number of carbonyl (C=O) groups is 1. The maximum atomic E-state index is 13.0. The van der Waals surface area contributed by atoms with Crippen molar-refractivity contribution in [3.63, 3.8) is 0 Å². The molecule has 1 aromatic heterocycles. The molecule has 0 saturated carbocycles. The van der Waals surface area contributed by atoms with Crippen molar-refractivity contribution in [2.45, 2.75) is 32.7 Å². The van der Waals surface area contributed by atoms with Crippen LogP contribution in [0.3, 0.4) is 0 Å². The van der Waals surface area contributed by atoms with Crippen LogP contribution in [0.4, 0.5) is 10.1 Å². The molecule has 0 aliphatic carbocycles. The Kier molecular flexibility index (Phi) is 5.87. The largest absolute Gasteiger partial charge is 0.335 e. The zero-order valence-corrected chi connectivity index (χ0v) is 13.1. The van der Waals surface area contributed by atoms with Gasteiger partial charge in [-0.1, -0.05) is 0 Å². The van der Waals surface area contributed by atoms with Crippen molar-refractivity contribution in [2.24, 2.45) is 0 Å².